The van der Waals surface area contributed by atoms with Crippen LogP contribution in [0.5, 0.6) is 0 Å². The second-order valence-electron chi connectivity index (χ2n) is 6.72. The van der Waals surface area contributed by atoms with Gasteiger partial charge in [0.05, 0.1) is 12.6 Å². The third kappa shape index (κ3) is 4.43. The minimum absolute atomic E-state index is 0.0855. The van der Waals surface area contributed by atoms with Gasteiger partial charge in [-0.3, -0.25) is 9.69 Å². The Balaban J connectivity index is 2.62. The summed E-state index contributed by atoms with van der Waals surface area (Å²) in [6.45, 7) is 12.3. The van der Waals surface area contributed by atoms with Crippen molar-refractivity contribution in [2.24, 2.45) is 11.1 Å². The van der Waals surface area contributed by atoms with Crippen molar-refractivity contribution >= 4 is 5.91 Å². The van der Waals surface area contributed by atoms with Crippen LogP contribution in [0.2, 0.25) is 0 Å². The van der Waals surface area contributed by atoms with Crippen molar-refractivity contribution in [1.29, 1.82) is 0 Å². The third-order valence-corrected chi connectivity index (χ3v) is 4.17. The molecule has 0 spiro atoms. The maximum Gasteiger partial charge on any atom is 0.240 e. The zero-order chi connectivity index (χ0) is 15.3. The van der Waals surface area contributed by atoms with E-state index in [2.05, 4.69) is 11.8 Å². The first kappa shape index (κ1) is 17.4. The fraction of sp³-hybridized carbons (Fsp3) is 0.933. The number of carbonyl (C=O) groups is 1. The predicted molar refractivity (Wildman–Crippen MR) is 81.5 cm³/mol. The molecule has 0 radical (unpaired) electrons. The molecule has 118 valence electrons. The highest BCUT2D eigenvalue weighted by atomic mass is 16.5. The molecule has 20 heavy (non-hydrogen) atoms. The highest BCUT2D eigenvalue weighted by Gasteiger charge is 2.34. The van der Waals surface area contributed by atoms with Crippen LogP contribution in [0.15, 0.2) is 0 Å². The molecule has 0 aromatic carbocycles. The second-order valence-corrected chi connectivity index (χ2v) is 6.72. The molecule has 5 nitrogen and oxygen atoms in total. The van der Waals surface area contributed by atoms with E-state index in [0.717, 1.165) is 39.2 Å². The number of methoxy groups -OCH3 is 1. The summed E-state index contributed by atoms with van der Waals surface area (Å²) in [5.74, 6) is 0.0855. The molecule has 2 atom stereocenters. The van der Waals surface area contributed by atoms with Crippen molar-refractivity contribution < 1.29 is 9.53 Å². The normalized spacial score (nSPS) is 22.9. The van der Waals surface area contributed by atoms with Crippen LogP contribution in [0.3, 0.4) is 0 Å². The number of nitrogens with two attached hydrogens (primary N) is 1. The lowest BCUT2D eigenvalue weighted by Crippen LogP contribution is -2.59. The Kier molecular flexibility index (Phi) is 6.43. The topological polar surface area (TPSA) is 58.8 Å². The Morgan fingerprint density at radius 2 is 2.05 bits per heavy atom. The molecule has 1 rings (SSSR count). The van der Waals surface area contributed by atoms with E-state index in [1.54, 1.807) is 7.11 Å². The zero-order valence-corrected chi connectivity index (χ0v) is 13.7. The molecule has 1 aliphatic rings. The molecule has 0 bridgehead atoms. The van der Waals surface area contributed by atoms with Crippen LogP contribution >= 0.6 is 0 Å². The van der Waals surface area contributed by atoms with Crippen LogP contribution in [0.25, 0.3) is 0 Å². The maximum atomic E-state index is 12.5. The fourth-order valence-electron chi connectivity index (χ4n) is 2.55. The first-order valence-corrected chi connectivity index (χ1v) is 7.58. The summed E-state index contributed by atoms with van der Waals surface area (Å²) in [5, 5.41) is 0. The lowest BCUT2D eigenvalue weighted by molar-refractivity contribution is -0.138. The van der Waals surface area contributed by atoms with E-state index in [9.17, 15) is 4.79 Å². The SMILES string of the molecule is CCC1CN(C(=O)[C@@H](N)C(C)(C)C)CCN1CCOC. The first-order valence-electron chi connectivity index (χ1n) is 7.58. The van der Waals surface area contributed by atoms with Crippen molar-refractivity contribution in [3.8, 4) is 0 Å². The molecule has 1 heterocycles. The van der Waals surface area contributed by atoms with Gasteiger partial charge in [0.15, 0.2) is 0 Å². The Labute approximate surface area is 123 Å². The lowest BCUT2D eigenvalue weighted by atomic mass is 9.86. The van der Waals surface area contributed by atoms with E-state index >= 15 is 0 Å². The predicted octanol–water partition coefficient (Wildman–Crippen LogP) is 0.929. The molecule has 0 saturated carbocycles. The van der Waals surface area contributed by atoms with Gasteiger partial charge in [-0.25, -0.2) is 0 Å². The van der Waals surface area contributed by atoms with Crippen molar-refractivity contribution in [3.63, 3.8) is 0 Å². The Hall–Kier alpha value is -0.650. The van der Waals surface area contributed by atoms with Gasteiger partial charge in [-0.05, 0) is 11.8 Å². The highest BCUT2D eigenvalue weighted by molar-refractivity contribution is 5.82. The molecule has 2 N–H and O–H groups in total. The van der Waals surface area contributed by atoms with E-state index in [1.165, 1.54) is 0 Å². The monoisotopic (exact) mass is 285 g/mol. The van der Waals surface area contributed by atoms with Crippen molar-refractivity contribution in [2.75, 3.05) is 39.9 Å². The molecular formula is C15H31N3O2. The Morgan fingerprint density at radius 1 is 1.40 bits per heavy atom. The molecule has 5 heteroatoms. The van der Waals surface area contributed by atoms with Crippen LogP contribution in [-0.4, -0.2) is 67.7 Å². The average Bonchev–Trinajstić information content (AvgIpc) is 2.42. The smallest absolute Gasteiger partial charge is 0.240 e. The second kappa shape index (κ2) is 7.38. The number of rotatable bonds is 5. The zero-order valence-electron chi connectivity index (χ0n) is 13.7. The Bertz CT molecular complexity index is 315. The molecule has 1 unspecified atom stereocenters. The summed E-state index contributed by atoms with van der Waals surface area (Å²) in [5.41, 5.74) is 5.91. The number of hydrogen-bond donors (Lipinski definition) is 1. The summed E-state index contributed by atoms with van der Waals surface area (Å²) >= 11 is 0. The van der Waals surface area contributed by atoms with Gasteiger partial charge in [0.2, 0.25) is 5.91 Å². The quantitative estimate of drug-likeness (QED) is 0.816. The van der Waals surface area contributed by atoms with Crippen molar-refractivity contribution in [2.45, 2.75) is 46.2 Å². The van der Waals surface area contributed by atoms with Gasteiger partial charge in [-0.2, -0.15) is 0 Å². The van der Waals surface area contributed by atoms with Crippen LogP contribution in [0.4, 0.5) is 0 Å². The number of carbonyl (C=O) groups excluding carboxylic acids is 1. The van der Waals surface area contributed by atoms with Gasteiger partial charge in [-0.1, -0.05) is 27.7 Å². The molecular weight excluding hydrogens is 254 g/mol. The summed E-state index contributed by atoms with van der Waals surface area (Å²) in [4.78, 5) is 16.8. The van der Waals surface area contributed by atoms with E-state index in [4.69, 9.17) is 10.5 Å². The maximum absolute atomic E-state index is 12.5. The van der Waals surface area contributed by atoms with E-state index in [-0.39, 0.29) is 11.3 Å². The standard InChI is InChI=1S/C15H31N3O2/c1-6-12-11-18(8-7-17(12)9-10-20-5)14(19)13(16)15(2,3)4/h12-13H,6-11,16H2,1-5H3/t12?,13-/m1/s1. The third-order valence-electron chi connectivity index (χ3n) is 4.17. The van der Waals surface area contributed by atoms with Crippen molar-refractivity contribution in [1.82, 2.24) is 9.80 Å². The average molecular weight is 285 g/mol. The van der Waals surface area contributed by atoms with Crippen LogP contribution in [-0.2, 0) is 9.53 Å². The van der Waals surface area contributed by atoms with E-state index in [1.807, 2.05) is 25.7 Å². The molecule has 1 amide bonds. The van der Waals surface area contributed by atoms with Crippen LogP contribution < -0.4 is 5.73 Å². The summed E-state index contributed by atoms with van der Waals surface area (Å²) < 4.78 is 5.15. The summed E-state index contributed by atoms with van der Waals surface area (Å²) in [6, 6.07) is -0.0134. The molecule has 0 aromatic heterocycles. The largest absolute Gasteiger partial charge is 0.383 e. The summed E-state index contributed by atoms with van der Waals surface area (Å²) in [7, 11) is 1.73. The van der Waals surface area contributed by atoms with Gasteiger partial charge < -0.3 is 15.4 Å². The Morgan fingerprint density at radius 3 is 2.55 bits per heavy atom. The number of nitrogens with zero attached hydrogens (tertiary/aromatic N) is 2. The number of ether oxygens (including phenoxy) is 1. The molecule has 0 aliphatic carbocycles. The fourth-order valence-corrected chi connectivity index (χ4v) is 2.55. The number of hydrogen-bond acceptors (Lipinski definition) is 4. The number of piperazine rings is 1. The van der Waals surface area contributed by atoms with Gasteiger partial charge >= 0.3 is 0 Å². The van der Waals surface area contributed by atoms with Crippen LogP contribution in [0, 0.1) is 5.41 Å². The molecule has 1 saturated heterocycles. The minimum Gasteiger partial charge on any atom is -0.383 e. The number of amides is 1. The molecule has 0 aromatic rings. The van der Waals surface area contributed by atoms with E-state index < -0.39 is 6.04 Å². The van der Waals surface area contributed by atoms with Gasteiger partial charge in [0, 0.05) is 39.3 Å². The highest BCUT2D eigenvalue weighted by Crippen LogP contribution is 2.21. The van der Waals surface area contributed by atoms with Crippen molar-refractivity contribution in [3.05, 3.63) is 0 Å². The van der Waals surface area contributed by atoms with Gasteiger partial charge in [0.25, 0.3) is 0 Å². The lowest BCUT2D eigenvalue weighted by Gasteiger charge is -2.43. The minimum atomic E-state index is -0.425. The van der Waals surface area contributed by atoms with E-state index in [0.29, 0.717) is 6.04 Å². The summed E-state index contributed by atoms with van der Waals surface area (Å²) in [6.07, 6.45) is 1.04. The molecule has 1 aliphatic heterocycles. The van der Waals surface area contributed by atoms with Crippen LogP contribution in [0.1, 0.15) is 34.1 Å². The van der Waals surface area contributed by atoms with Gasteiger partial charge in [-0.15, -0.1) is 0 Å². The first-order chi connectivity index (χ1) is 9.31. The van der Waals surface area contributed by atoms with Gasteiger partial charge in [0.1, 0.15) is 0 Å². The molecule has 1 fully saturated rings.